The molecule has 5 fully saturated rings. The number of carbonyl (C=O) groups is 4. The Hall–Kier alpha value is -3.74. The van der Waals surface area contributed by atoms with Gasteiger partial charge in [-0.15, -0.1) is 0 Å². The number of aliphatic carboxylic acids is 1. The fourth-order valence-corrected chi connectivity index (χ4v) is 10.3. The number of pyridine rings is 1. The molecule has 320 valence electrons. The number of morpholine rings is 1. The zero-order chi connectivity index (χ0) is 41.3. The Bertz CT molecular complexity index is 1920. The van der Waals surface area contributed by atoms with E-state index in [0.717, 1.165) is 63.9 Å². The molecule has 3 saturated carbocycles. The smallest absolute Gasteiger partial charge is 0.310 e. The maximum Gasteiger partial charge on any atom is 0.310 e. The van der Waals surface area contributed by atoms with Crippen molar-refractivity contribution in [2.75, 3.05) is 46.0 Å². The van der Waals surface area contributed by atoms with Gasteiger partial charge in [-0.05, 0) is 87.2 Å². The summed E-state index contributed by atoms with van der Waals surface area (Å²) in [5, 5.41) is 11.5. The van der Waals surface area contributed by atoms with E-state index in [1.807, 2.05) is 30.4 Å². The van der Waals surface area contributed by atoms with Crippen molar-refractivity contribution in [3.05, 3.63) is 41.1 Å². The number of Topliss-reactive ketones (excluding diaryl/α,β-unsaturated/α-hetero) is 1. The van der Waals surface area contributed by atoms with Gasteiger partial charge in [0.05, 0.1) is 43.2 Å². The molecule has 8 atom stereocenters. The van der Waals surface area contributed by atoms with E-state index in [2.05, 4.69) is 18.7 Å². The number of benzene rings is 1. The Balaban J connectivity index is 1.05. The first-order chi connectivity index (χ1) is 28.5. The maximum atomic E-state index is 14.7. The van der Waals surface area contributed by atoms with Crippen molar-refractivity contribution in [2.24, 2.45) is 35.0 Å². The SMILES string of the molecule is CC(C)Cc1cc(O[C@@H]2C[C@H]3C(=O)C[C@]4(C(=O)O)C[C@H]4/C=C\CCCCC[C@H](CC(=O)OC4C[C@@H]5C[C@@H]5C4)C(=O)N3C2)c2ccc(OCCN3CCOCC3)c(Cl)c2n1. The van der Waals surface area contributed by atoms with E-state index in [4.69, 9.17) is 35.5 Å². The van der Waals surface area contributed by atoms with E-state index in [0.29, 0.717) is 84.3 Å². The molecule has 59 heavy (non-hydrogen) atoms. The van der Waals surface area contributed by atoms with Crippen LogP contribution in [0.2, 0.25) is 5.02 Å². The molecule has 13 heteroatoms. The van der Waals surface area contributed by atoms with E-state index in [1.54, 1.807) is 4.90 Å². The van der Waals surface area contributed by atoms with E-state index in [1.165, 1.54) is 6.42 Å². The topological polar surface area (TPSA) is 145 Å². The van der Waals surface area contributed by atoms with Crippen LogP contribution >= 0.6 is 11.6 Å². The molecular weight excluding hydrogens is 774 g/mol. The predicted molar refractivity (Wildman–Crippen MR) is 221 cm³/mol. The normalized spacial score (nSPS) is 31.8. The molecule has 0 bridgehead atoms. The lowest BCUT2D eigenvalue weighted by Gasteiger charge is -2.28. The summed E-state index contributed by atoms with van der Waals surface area (Å²) in [5.74, 6) is -0.0939. The lowest BCUT2D eigenvalue weighted by molar-refractivity contribution is -0.154. The molecule has 12 nitrogen and oxygen atoms in total. The van der Waals surface area contributed by atoms with Crippen molar-refractivity contribution in [3.63, 3.8) is 0 Å². The van der Waals surface area contributed by atoms with Crippen LogP contribution in [0.4, 0.5) is 0 Å². The maximum absolute atomic E-state index is 14.7. The minimum absolute atomic E-state index is 0.0441. The number of allylic oxidation sites excluding steroid dienone is 2. The van der Waals surface area contributed by atoms with Crippen LogP contribution in [-0.2, 0) is 35.1 Å². The molecular formula is C46H60ClN3O9. The van der Waals surface area contributed by atoms with Crippen molar-refractivity contribution in [2.45, 2.75) is 116 Å². The van der Waals surface area contributed by atoms with Gasteiger partial charge in [-0.3, -0.25) is 29.1 Å². The largest absolute Gasteiger partial charge is 0.491 e. The Morgan fingerprint density at radius 3 is 2.59 bits per heavy atom. The molecule has 1 aromatic heterocycles. The van der Waals surface area contributed by atoms with Crippen molar-refractivity contribution in [1.82, 2.24) is 14.8 Å². The van der Waals surface area contributed by atoms with Crippen LogP contribution in [0, 0.1) is 35.0 Å². The number of carboxylic acid groups (broad SMARTS) is 1. The number of carbonyl (C=O) groups excluding carboxylic acids is 3. The number of amides is 1. The van der Waals surface area contributed by atoms with Gasteiger partial charge in [-0.2, -0.15) is 0 Å². The van der Waals surface area contributed by atoms with Gasteiger partial charge in [0.15, 0.2) is 5.78 Å². The molecule has 1 amide bonds. The van der Waals surface area contributed by atoms with Crippen LogP contribution in [-0.4, -0.2) is 108 Å². The summed E-state index contributed by atoms with van der Waals surface area (Å²) >= 11 is 7.04. The van der Waals surface area contributed by atoms with Crippen LogP contribution in [0.15, 0.2) is 30.4 Å². The molecule has 3 aliphatic heterocycles. The average molecular weight is 834 g/mol. The number of fused-ring (bicyclic) bond motifs is 4. The summed E-state index contributed by atoms with van der Waals surface area (Å²) in [6, 6.07) is 4.75. The minimum atomic E-state index is -1.18. The van der Waals surface area contributed by atoms with Gasteiger partial charge in [-0.1, -0.05) is 50.4 Å². The molecule has 6 aliphatic rings. The highest BCUT2D eigenvalue weighted by Crippen LogP contribution is 2.57. The number of hydrogen-bond acceptors (Lipinski definition) is 10. The van der Waals surface area contributed by atoms with Gasteiger partial charge < -0.3 is 29.0 Å². The Morgan fingerprint density at radius 1 is 1.03 bits per heavy atom. The van der Waals surface area contributed by atoms with Crippen molar-refractivity contribution < 1.29 is 43.2 Å². The van der Waals surface area contributed by atoms with E-state index >= 15 is 0 Å². The number of rotatable bonds is 12. The molecule has 1 aromatic carbocycles. The van der Waals surface area contributed by atoms with Crippen LogP contribution in [0.1, 0.15) is 96.6 Å². The van der Waals surface area contributed by atoms with Crippen molar-refractivity contribution in [1.29, 1.82) is 0 Å². The Labute approximate surface area is 352 Å². The lowest BCUT2D eigenvalue weighted by atomic mass is 9.91. The highest BCUT2D eigenvalue weighted by atomic mass is 35.5. The van der Waals surface area contributed by atoms with Crippen molar-refractivity contribution >= 4 is 46.1 Å². The van der Waals surface area contributed by atoms with Crippen LogP contribution in [0.25, 0.3) is 10.9 Å². The number of esters is 1. The van der Waals surface area contributed by atoms with Gasteiger partial charge in [0, 0.05) is 55.5 Å². The average Bonchev–Trinajstić information content (AvgIpc) is 4.00. The zero-order valence-electron chi connectivity index (χ0n) is 34.6. The van der Waals surface area contributed by atoms with Crippen LogP contribution in [0.3, 0.4) is 0 Å². The lowest BCUT2D eigenvalue weighted by Crippen LogP contribution is -2.45. The summed E-state index contributed by atoms with van der Waals surface area (Å²) in [5.41, 5.74) is 0.167. The summed E-state index contributed by atoms with van der Waals surface area (Å²) in [6.07, 6.45) is 11.2. The summed E-state index contributed by atoms with van der Waals surface area (Å²) in [4.78, 5) is 64.1. The molecule has 0 radical (unpaired) electrons. The van der Waals surface area contributed by atoms with Crippen LogP contribution in [0.5, 0.6) is 11.5 Å². The van der Waals surface area contributed by atoms with Gasteiger partial charge in [0.1, 0.15) is 35.3 Å². The summed E-state index contributed by atoms with van der Waals surface area (Å²) in [7, 11) is 0. The number of aromatic nitrogens is 1. The number of ketones is 1. The van der Waals surface area contributed by atoms with Crippen molar-refractivity contribution in [3.8, 4) is 11.5 Å². The van der Waals surface area contributed by atoms with E-state index in [9.17, 15) is 24.3 Å². The summed E-state index contributed by atoms with van der Waals surface area (Å²) < 4.78 is 24.4. The van der Waals surface area contributed by atoms with Gasteiger partial charge >= 0.3 is 11.9 Å². The molecule has 0 spiro atoms. The quantitative estimate of drug-likeness (QED) is 0.173. The van der Waals surface area contributed by atoms with E-state index in [-0.39, 0.29) is 55.5 Å². The molecule has 1 unspecified atom stereocenters. The first kappa shape index (κ1) is 42.0. The first-order valence-corrected chi connectivity index (χ1v) is 22.5. The third kappa shape index (κ3) is 9.75. The van der Waals surface area contributed by atoms with E-state index < -0.39 is 29.4 Å². The number of ether oxygens (including phenoxy) is 4. The van der Waals surface area contributed by atoms with Gasteiger partial charge in [0.2, 0.25) is 5.91 Å². The number of carboxylic acids is 1. The standard InChI is InChI=1S/C46H60ClN3O9/c1-28(2)18-33-23-40(36-10-11-39(42(47)43(36)48-33)57-17-14-49-12-15-56-16-13-49)58-35-24-37-38(51)26-46(45(54)55)25-32(46)9-7-5-3-4-6-8-29(44(53)50(37)27-35)22-41(52)59-34-20-30-19-31(30)21-34/h7,9-11,23,28-32,34-35,37H,3-6,8,12-22,24-27H2,1-2H3,(H,54,55)/b9-7-/t29-,30-,31+,32-,34?,35-,37+,46-/m1/s1. The number of nitrogens with zero attached hydrogens (tertiary/aromatic N) is 3. The third-order valence-corrected chi connectivity index (χ3v) is 14.0. The van der Waals surface area contributed by atoms with Gasteiger partial charge in [-0.25, -0.2) is 0 Å². The molecule has 3 aliphatic carbocycles. The predicted octanol–water partition coefficient (Wildman–Crippen LogP) is 7.06. The minimum Gasteiger partial charge on any atom is -0.491 e. The monoisotopic (exact) mass is 833 g/mol. The van der Waals surface area contributed by atoms with Crippen LogP contribution < -0.4 is 9.47 Å². The Kier molecular flexibility index (Phi) is 12.9. The van der Waals surface area contributed by atoms with Gasteiger partial charge in [0.25, 0.3) is 0 Å². The molecule has 1 N–H and O–H groups in total. The molecule has 2 saturated heterocycles. The molecule has 2 aromatic rings. The Morgan fingerprint density at radius 2 is 1.83 bits per heavy atom. The summed E-state index contributed by atoms with van der Waals surface area (Å²) in [6.45, 7) is 8.70. The fraction of sp³-hybridized carbons (Fsp3) is 0.674. The molecule has 8 rings (SSSR count). The first-order valence-electron chi connectivity index (χ1n) is 22.1. The zero-order valence-corrected chi connectivity index (χ0v) is 35.3. The fourth-order valence-electron chi connectivity index (χ4n) is 10.1. The third-order valence-electron chi connectivity index (χ3n) is 13.6. The highest BCUT2D eigenvalue weighted by Gasteiger charge is 2.61. The number of hydrogen-bond donors (Lipinski definition) is 1. The second kappa shape index (κ2) is 18.1. The second-order valence-electron chi connectivity index (χ2n) is 18.5. The number of halogens is 1. The molecule has 4 heterocycles. The highest BCUT2D eigenvalue weighted by molar-refractivity contribution is 6.36. The second-order valence-corrected chi connectivity index (χ2v) is 18.9.